The van der Waals surface area contributed by atoms with Crippen LogP contribution in [0.4, 0.5) is 5.69 Å². The first-order chi connectivity index (χ1) is 13.0. The average Bonchev–Trinajstić information content (AvgIpc) is 2.87. The Morgan fingerprint density at radius 1 is 1.15 bits per heavy atom. The summed E-state index contributed by atoms with van der Waals surface area (Å²) in [6.45, 7) is 0.136. The standard InChI is InChI=1S/C17H17N3O7/c21-14-4-5-20(17(24)19-14)9-16(23)27-10-15(22)18-11-2-3-12-13(8-11)26-7-1-6-25-12/h2-5,8H,1,6-7,9-10H2,(H,18,22)(H,19,21,24). The number of aromatic amines is 1. The zero-order valence-electron chi connectivity index (χ0n) is 14.2. The van der Waals surface area contributed by atoms with Crippen LogP contribution in [0, 0.1) is 0 Å². The number of benzene rings is 1. The lowest BCUT2D eigenvalue weighted by molar-refractivity contribution is -0.148. The summed E-state index contributed by atoms with van der Waals surface area (Å²) in [7, 11) is 0. The van der Waals surface area contributed by atoms with Crippen LogP contribution in [0.25, 0.3) is 0 Å². The molecule has 27 heavy (non-hydrogen) atoms. The number of amides is 1. The van der Waals surface area contributed by atoms with Crippen molar-refractivity contribution in [3.8, 4) is 11.5 Å². The summed E-state index contributed by atoms with van der Waals surface area (Å²) in [5.74, 6) is -0.215. The average molecular weight is 375 g/mol. The highest BCUT2D eigenvalue weighted by Gasteiger charge is 2.13. The van der Waals surface area contributed by atoms with Gasteiger partial charge in [0.15, 0.2) is 18.1 Å². The summed E-state index contributed by atoms with van der Waals surface area (Å²) in [6.07, 6.45) is 1.94. The van der Waals surface area contributed by atoms with Crippen molar-refractivity contribution in [1.82, 2.24) is 9.55 Å². The van der Waals surface area contributed by atoms with E-state index in [4.69, 9.17) is 14.2 Å². The van der Waals surface area contributed by atoms with E-state index in [1.165, 1.54) is 6.20 Å². The molecular formula is C17H17N3O7. The summed E-state index contributed by atoms with van der Waals surface area (Å²) in [6, 6.07) is 6.06. The second kappa shape index (κ2) is 8.21. The first-order valence-electron chi connectivity index (χ1n) is 8.16. The fraction of sp³-hybridized carbons (Fsp3) is 0.294. The Morgan fingerprint density at radius 2 is 1.93 bits per heavy atom. The lowest BCUT2D eigenvalue weighted by Gasteiger charge is -2.11. The number of nitrogens with one attached hydrogen (secondary N) is 2. The molecule has 0 radical (unpaired) electrons. The minimum absolute atomic E-state index is 0.424. The van der Waals surface area contributed by atoms with Crippen LogP contribution < -0.4 is 26.0 Å². The molecule has 142 valence electrons. The maximum atomic E-state index is 11.9. The van der Waals surface area contributed by atoms with E-state index >= 15 is 0 Å². The van der Waals surface area contributed by atoms with Crippen molar-refractivity contribution in [1.29, 1.82) is 0 Å². The minimum atomic E-state index is -0.794. The van der Waals surface area contributed by atoms with E-state index < -0.39 is 36.3 Å². The first-order valence-corrected chi connectivity index (χ1v) is 8.16. The fourth-order valence-corrected chi connectivity index (χ4v) is 2.34. The molecule has 1 aromatic heterocycles. The number of nitrogens with zero attached hydrogens (tertiary/aromatic N) is 1. The number of anilines is 1. The predicted octanol–water partition coefficient (Wildman–Crippen LogP) is -0.120. The van der Waals surface area contributed by atoms with Crippen molar-refractivity contribution in [2.24, 2.45) is 0 Å². The maximum Gasteiger partial charge on any atom is 0.328 e. The number of H-pyrrole nitrogens is 1. The lowest BCUT2D eigenvalue weighted by atomic mass is 10.2. The zero-order chi connectivity index (χ0) is 19.2. The third-order valence-electron chi connectivity index (χ3n) is 3.59. The number of hydrogen-bond donors (Lipinski definition) is 2. The number of carbonyl (C=O) groups is 2. The van der Waals surface area contributed by atoms with Crippen LogP contribution in [-0.2, 0) is 20.9 Å². The Kier molecular flexibility index (Phi) is 5.55. The molecule has 0 saturated carbocycles. The lowest BCUT2D eigenvalue weighted by Crippen LogP contribution is -2.32. The molecule has 1 amide bonds. The number of fused-ring (bicyclic) bond motifs is 1. The van der Waals surface area contributed by atoms with Crippen LogP contribution in [0.5, 0.6) is 11.5 Å². The molecule has 1 aliphatic rings. The number of esters is 1. The van der Waals surface area contributed by atoms with Gasteiger partial charge >= 0.3 is 11.7 Å². The molecule has 1 aliphatic heterocycles. The van der Waals surface area contributed by atoms with Gasteiger partial charge in [0.25, 0.3) is 11.5 Å². The summed E-state index contributed by atoms with van der Waals surface area (Å²) >= 11 is 0. The summed E-state index contributed by atoms with van der Waals surface area (Å²) in [4.78, 5) is 48.2. The Morgan fingerprint density at radius 3 is 2.70 bits per heavy atom. The highest BCUT2D eigenvalue weighted by atomic mass is 16.5. The topological polar surface area (TPSA) is 129 Å². The van der Waals surface area contributed by atoms with Gasteiger partial charge in [0.05, 0.1) is 13.2 Å². The van der Waals surface area contributed by atoms with Gasteiger partial charge in [0.2, 0.25) is 0 Å². The SMILES string of the molecule is O=C(COC(=O)Cn1ccc(=O)[nH]c1=O)Nc1ccc2c(c1)OCCCO2. The Balaban J connectivity index is 1.52. The van der Waals surface area contributed by atoms with Gasteiger partial charge in [-0.25, -0.2) is 4.79 Å². The molecule has 0 fully saturated rings. The normalized spacial score (nSPS) is 12.7. The van der Waals surface area contributed by atoms with E-state index in [0.717, 1.165) is 17.1 Å². The molecule has 0 atom stereocenters. The highest BCUT2D eigenvalue weighted by molar-refractivity contribution is 5.93. The predicted molar refractivity (Wildman–Crippen MR) is 93.0 cm³/mol. The van der Waals surface area contributed by atoms with Gasteiger partial charge in [-0.2, -0.15) is 0 Å². The number of hydrogen-bond acceptors (Lipinski definition) is 7. The summed E-state index contributed by atoms with van der Waals surface area (Å²) in [5.41, 5.74) is -0.840. The number of ether oxygens (including phenoxy) is 3. The van der Waals surface area contributed by atoms with Crippen molar-refractivity contribution in [2.45, 2.75) is 13.0 Å². The minimum Gasteiger partial charge on any atom is -0.490 e. The molecule has 0 aliphatic carbocycles. The van der Waals surface area contributed by atoms with Gasteiger partial charge < -0.3 is 19.5 Å². The molecule has 3 rings (SSSR count). The van der Waals surface area contributed by atoms with Crippen molar-refractivity contribution in [3.05, 3.63) is 51.3 Å². The molecule has 2 aromatic rings. The highest BCUT2D eigenvalue weighted by Crippen LogP contribution is 2.32. The smallest absolute Gasteiger partial charge is 0.328 e. The van der Waals surface area contributed by atoms with Gasteiger partial charge in [-0.1, -0.05) is 0 Å². The number of aromatic nitrogens is 2. The molecule has 10 heteroatoms. The van der Waals surface area contributed by atoms with Crippen molar-refractivity contribution >= 4 is 17.6 Å². The molecule has 0 unspecified atom stereocenters. The quantitative estimate of drug-likeness (QED) is 0.697. The van der Waals surface area contributed by atoms with Crippen LogP contribution in [0.3, 0.4) is 0 Å². The van der Waals surface area contributed by atoms with E-state index in [1.54, 1.807) is 18.2 Å². The van der Waals surface area contributed by atoms with Crippen LogP contribution >= 0.6 is 0 Å². The van der Waals surface area contributed by atoms with Crippen molar-refractivity contribution in [2.75, 3.05) is 25.1 Å². The van der Waals surface area contributed by atoms with E-state index in [0.29, 0.717) is 30.4 Å². The monoisotopic (exact) mass is 375 g/mol. The first kappa shape index (κ1) is 18.2. The zero-order valence-corrected chi connectivity index (χ0v) is 14.2. The van der Waals surface area contributed by atoms with Crippen molar-refractivity contribution in [3.63, 3.8) is 0 Å². The summed E-state index contributed by atoms with van der Waals surface area (Å²) in [5, 5.41) is 2.58. The van der Waals surface area contributed by atoms with E-state index in [2.05, 4.69) is 5.32 Å². The largest absolute Gasteiger partial charge is 0.490 e. The number of carbonyl (C=O) groups excluding carboxylic acids is 2. The maximum absolute atomic E-state index is 11.9. The molecule has 2 heterocycles. The second-order valence-corrected chi connectivity index (χ2v) is 5.66. The summed E-state index contributed by atoms with van der Waals surface area (Å²) < 4.78 is 16.8. The van der Waals surface area contributed by atoms with Gasteiger partial charge in [0.1, 0.15) is 6.54 Å². The van der Waals surface area contributed by atoms with Gasteiger partial charge in [0, 0.05) is 30.4 Å². The number of rotatable bonds is 5. The Bertz CT molecular complexity index is 963. The molecule has 1 aromatic carbocycles. The third kappa shape index (κ3) is 4.97. The molecule has 0 saturated heterocycles. The van der Waals surface area contributed by atoms with E-state index in [1.807, 2.05) is 4.98 Å². The van der Waals surface area contributed by atoms with Crippen LogP contribution in [0.15, 0.2) is 40.1 Å². The molecule has 2 N–H and O–H groups in total. The van der Waals surface area contributed by atoms with Crippen LogP contribution in [-0.4, -0.2) is 41.2 Å². The van der Waals surface area contributed by atoms with Crippen LogP contribution in [0.1, 0.15) is 6.42 Å². The van der Waals surface area contributed by atoms with Gasteiger partial charge in [-0.3, -0.25) is 23.9 Å². The van der Waals surface area contributed by atoms with Crippen LogP contribution in [0.2, 0.25) is 0 Å². The van der Waals surface area contributed by atoms with Gasteiger partial charge in [-0.15, -0.1) is 0 Å². The Hall–Kier alpha value is -3.56. The van der Waals surface area contributed by atoms with E-state index in [-0.39, 0.29) is 0 Å². The van der Waals surface area contributed by atoms with Gasteiger partial charge in [-0.05, 0) is 12.1 Å². The third-order valence-corrected chi connectivity index (χ3v) is 3.59. The fourth-order valence-electron chi connectivity index (χ4n) is 2.34. The Labute approximate surface area is 152 Å². The molecule has 10 nitrogen and oxygen atoms in total. The molecule has 0 bridgehead atoms. The van der Waals surface area contributed by atoms with E-state index in [9.17, 15) is 19.2 Å². The molecule has 0 spiro atoms. The van der Waals surface area contributed by atoms with Crippen molar-refractivity contribution < 1.29 is 23.8 Å². The second-order valence-electron chi connectivity index (χ2n) is 5.66. The molecular weight excluding hydrogens is 358 g/mol.